The monoisotopic (exact) mass is 371 g/mol. The average molecular weight is 371 g/mol. The van der Waals surface area contributed by atoms with Gasteiger partial charge in [-0.05, 0) is 38.8 Å². The van der Waals surface area contributed by atoms with Gasteiger partial charge in [0.25, 0.3) is 0 Å². The Labute approximate surface area is 158 Å². The van der Waals surface area contributed by atoms with Crippen molar-refractivity contribution in [2.45, 2.75) is 38.8 Å². The van der Waals surface area contributed by atoms with Crippen molar-refractivity contribution in [3.63, 3.8) is 0 Å². The summed E-state index contributed by atoms with van der Waals surface area (Å²) in [4.78, 5) is 26.6. The predicted octanol–water partition coefficient (Wildman–Crippen LogP) is 2.60. The number of hydrogen-bond donors (Lipinski definition) is 3. The van der Waals surface area contributed by atoms with Gasteiger partial charge in [0.05, 0.1) is 11.7 Å². The molecule has 0 aliphatic carbocycles. The second-order valence-electron chi connectivity index (χ2n) is 6.77. The highest BCUT2D eigenvalue weighted by Gasteiger charge is 2.27. The molecule has 0 saturated carbocycles. The number of benzene rings is 1. The Bertz CT molecular complexity index is 769. The molecule has 2 aromatic rings. The molecule has 3 amide bonds. The molecule has 1 fully saturated rings. The first-order valence-corrected chi connectivity index (χ1v) is 9.12. The Balaban J connectivity index is 1.42. The molecule has 2 heterocycles. The van der Waals surface area contributed by atoms with E-state index >= 15 is 0 Å². The van der Waals surface area contributed by atoms with E-state index in [4.69, 9.17) is 4.52 Å². The van der Waals surface area contributed by atoms with Crippen molar-refractivity contribution < 1.29 is 14.1 Å². The normalized spacial score (nSPS) is 16.5. The number of aryl methyl sites for hydroxylation is 1. The van der Waals surface area contributed by atoms with E-state index in [1.54, 1.807) is 13.0 Å². The number of nitrogens with one attached hydrogen (secondary N) is 3. The Morgan fingerprint density at radius 3 is 2.52 bits per heavy atom. The third-order valence-electron chi connectivity index (χ3n) is 4.70. The fourth-order valence-electron chi connectivity index (χ4n) is 3.12. The first-order valence-electron chi connectivity index (χ1n) is 9.12. The van der Waals surface area contributed by atoms with Gasteiger partial charge in [-0.25, -0.2) is 4.79 Å². The minimum atomic E-state index is -0.283. The number of urea groups is 1. The van der Waals surface area contributed by atoms with Crippen molar-refractivity contribution >= 4 is 23.5 Å². The number of piperidine rings is 1. The quantitative estimate of drug-likeness (QED) is 0.750. The van der Waals surface area contributed by atoms with Crippen LogP contribution in [0.1, 0.15) is 25.5 Å². The van der Waals surface area contributed by atoms with Gasteiger partial charge < -0.3 is 15.2 Å². The van der Waals surface area contributed by atoms with Crippen molar-refractivity contribution in [1.29, 1.82) is 0 Å². The van der Waals surface area contributed by atoms with Gasteiger partial charge in [0.15, 0.2) is 0 Å². The van der Waals surface area contributed by atoms with E-state index in [0.717, 1.165) is 37.3 Å². The molecule has 27 heavy (non-hydrogen) atoms. The van der Waals surface area contributed by atoms with E-state index in [1.165, 1.54) is 0 Å². The molecule has 3 N–H and O–H groups in total. The van der Waals surface area contributed by atoms with Crippen LogP contribution in [-0.4, -0.2) is 47.2 Å². The van der Waals surface area contributed by atoms with Crippen LogP contribution in [0.25, 0.3) is 0 Å². The van der Waals surface area contributed by atoms with Crippen LogP contribution in [0.3, 0.4) is 0 Å². The number of amides is 3. The van der Waals surface area contributed by atoms with Gasteiger partial charge in [0.1, 0.15) is 0 Å². The lowest BCUT2D eigenvalue weighted by molar-refractivity contribution is -0.121. The fraction of sp³-hybridized carbons (Fsp3) is 0.421. The number of rotatable bonds is 5. The summed E-state index contributed by atoms with van der Waals surface area (Å²) in [6, 6.07) is 10.6. The lowest BCUT2D eigenvalue weighted by Gasteiger charge is -2.35. The van der Waals surface area contributed by atoms with Crippen LogP contribution in [-0.2, 0) is 4.79 Å². The predicted molar refractivity (Wildman–Crippen MR) is 103 cm³/mol. The number of carbonyl (C=O) groups is 2. The third kappa shape index (κ3) is 5.30. The summed E-state index contributed by atoms with van der Waals surface area (Å²) in [6.07, 6.45) is 1.59. The van der Waals surface area contributed by atoms with Crippen molar-refractivity contribution in [2.75, 3.05) is 23.7 Å². The molecule has 0 bridgehead atoms. The number of hydrogen-bond acceptors (Lipinski definition) is 5. The summed E-state index contributed by atoms with van der Waals surface area (Å²) in [5, 5.41) is 12.3. The smallest absolute Gasteiger partial charge is 0.319 e. The van der Waals surface area contributed by atoms with E-state index in [1.807, 2.05) is 37.3 Å². The van der Waals surface area contributed by atoms with Crippen LogP contribution in [0, 0.1) is 6.92 Å². The number of nitrogens with zero attached hydrogens (tertiary/aromatic N) is 2. The Hall–Kier alpha value is -2.87. The van der Waals surface area contributed by atoms with Crippen LogP contribution < -0.4 is 16.0 Å². The van der Waals surface area contributed by atoms with Crippen molar-refractivity contribution in [1.82, 2.24) is 15.4 Å². The maximum Gasteiger partial charge on any atom is 0.319 e. The van der Waals surface area contributed by atoms with Crippen LogP contribution in [0.2, 0.25) is 0 Å². The number of para-hydroxylation sites is 1. The molecular formula is C19H25N5O3. The van der Waals surface area contributed by atoms with E-state index in [0.29, 0.717) is 5.88 Å². The molecule has 8 heteroatoms. The molecule has 0 spiro atoms. The summed E-state index contributed by atoms with van der Waals surface area (Å²) < 4.78 is 5.03. The molecule has 1 atom stereocenters. The summed E-state index contributed by atoms with van der Waals surface area (Å²) in [6.45, 7) is 5.14. The van der Waals surface area contributed by atoms with Gasteiger partial charge in [-0.15, -0.1) is 0 Å². The first kappa shape index (κ1) is 18.9. The standard InChI is InChI=1S/C19H25N5O3/c1-13-12-17(27-23-13)22-18(25)14(2)24-10-8-16(9-11-24)21-19(26)20-15-6-4-3-5-7-15/h3-7,12,14,16H,8-11H2,1-2H3,(H,22,25)(H2,20,21,26)/t14-/m1/s1. The summed E-state index contributed by atoms with van der Waals surface area (Å²) >= 11 is 0. The fourth-order valence-corrected chi connectivity index (χ4v) is 3.12. The number of carbonyl (C=O) groups excluding carboxylic acids is 2. The molecule has 0 unspecified atom stereocenters. The minimum Gasteiger partial charge on any atom is -0.338 e. The summed E-state index contributed by atoms with van der Waals surface area (Å²) in [5.74, 6) is 0.234. The average Bonchev–Trinajstić information content (AvgIpc) is 3.07. The molecule has 1 aromatic carbocycles. The molecule has 1 aromatic heterocycles. The van der Waals surface area contributed by atoms with Crippen LogP contribution in [0.15, 0.2) is 40.9 Å². The van der Waals surface area contributed by atoms with Gasteiger partial charge >= 0.3 is 6.03 Å². The second kappa shape index (κ2) is 8.68. The number of likely N-dealkylation sites (tertiary alicyclic amines) is 1. The van der Waals surface area contributed by atoms with Gasteiger partial charge in [-0.3, -0.25) is 15.0 Å². The molecular weight excluding hydrogens is 346 g/mol. The van der Waals surface area contributed by atoms with Gasteiger partial charge in [-0.2, -0.15) is 0 Å². The maximum atomic E-state index is 12.4. The van der Waals surface area contributed by atoms with Crippen LogP contribution in [0.4, 0.5) is 16.4 Å². The maximum absolute atomic E-state index is 12.4. The van der Waals surface area contributed by atoms with E-state index < -0.39 is 0 Å². The molecule has 1 saturated heterocycles. The highest BCUT2D eigenvalue weighted by atomic mass is 16.5. The van der Waals surface area contributed by atoms with Crippen LogP contribution in [0.5, 0.6) is 0 Å². The molecule has 144 valence electrons. The van der Waals surface area contributed by atoms with E-state index in [9.17, 15) is 9.59 Å². The largest absolute Gasteiger partial charge is 0.338 e. The third-order valence-corrected chi connectivity index (χ3v) is 4.70. The van der Waals surface area contributed by atoms with Crippen LogP contribution >= 0.6 is 0 Å². The Morgan fingerprint density at radius 2 is 1.89 bits per heavy atom. The SMILES string of the molecule is Cc1cc(NC(=O)[C@@H](C)N2CCC(NC(=O)Nc3ccccc3)CC2)on1. The highest BCUT2D eigenvalue weighted by molar-refractivity contribution is 5.93. The highest BCUT2D eigenvalue weighted by Crippen LogP contribution is 2.16. The van der Waals surface area contributed by atoms with Crippen molar-refractivity contribution in [3.8, 4) is 0 Å². The van der Waals surface area contributed by atoms with Crippen molar-refractivity contribution in [3.05, 3.63) is 42.1 Å². The summed E-state index contributed by atoms with van der Waals surface area (Å²) in [7, 11) is 0. The first-order chi connectivity index (χ1) is 13.0. The van der Waals surface area contributed by atoms with Crippen molar-refractivity contribution in [2.24, 2.45) is 0 Å². The molecule has 0 radical (unpaired) electrons. The Morgan fingerprint density at radius 1 is 1.19 bits per heavy atom. The van der Waals surface area contributed by atoms with Gasteiger partial charge in [0, 0.05) is 30.9 Å². The van der Waals surface area contributed by atoms with E-state index in [-0.39, 0.29) is 24.0 Å². The zero-order valence-electron chi connectivity index (χ0n) is 15.6. The molecule has 8 nitrogen and oxygen atoms in total. The lowest BCUT2D eigenvalue weighted by atomic mass is 10.0. The lowest BCUT2D eigenvalue weighted by Crippen LogP contribution is -2.51. The second-order valence-corrected chi connectivity index (χ2v) is 6.77. The topological polar surface area (TPSA) is 99.5 Å². The summed E-state index contributed by atoms with van der Waals surface area (Å²) in [5.41, 5.74) is 1.49. The van der Waals surface area contributed by atoms with E-state index in [2.05, 4.69) is 26.0 Å². The zero-order chi connectivity index (χ0) is 19.2. The number of anilines is 2. The molecule has 1 aliphatic rings. The Kier molecular flexibility index (Phi) is 6.08. The minimum absolute atomic E-state index is 0.0946. The van der Waals surface area contributed by atoms with Gasteiger partial charge in [-0.1, -0.05) is 23.4 Å². The van der Waals surface area contributed by atoms with Gasteiger partial charge in [0.2, 0.25) is 11.8 Å². The molecule has 3 rings (SSSR count). The number of aromatic nitrogens is 1. The zero-order valence-corrected chi connectivity index (χ0v) is 15.6. The molecule has 1 aliphatic heterocycles.